The van der Waals surface area contributed by atoms with Crippen LogP contribution in [0.3, 0.4) is 0 Å². The lowest BCUT2D eigenvalue weighted by Gasteiger charge is -2.31. The van der Waals surface area contributed by atoms with Crippen LogP contribution >= 0.6 is 0 Å². The van der Waals surface area contributed by atoms with E-state index in [-0.39, 0.29) is 12.0 Å². The van der Waals surface area contributed by atoms with Gasteiger partial charge in [-0.1, -0.05) is 0 Å². The average Bonchev–Trinajstić information content (AvgIpc) is 1.98. The van der Waals surface area contributed by atoms with Gasteiger partial charge in [-0.25, -0.2) is 0 Å². The summed E-state index contributed by atoms with van der Waals surface area (Å²) in [6.07, 6.45) is 0.0997. The molecule has 0 aliphatic heterocycles. The minimum absolute atomic E-state index is 0.0997. The fraction of sp³-hybridized carbons (Fsp3) is 0.909. The SMILES string of the molecule is CC(C)(C)OCC[N+](C)(C)CCC(=O)[O-]. The van der Waals surface area contributed by atoms with E-state index >= 15 is 0 Å². The molecule has 0 N–H and O–H groups in total. The van der Waals surface area contributed by atoms with Crippen LogP contribution in [0.1, 0.15) is 27.2 Å². The number of carbonyl (C=O) groups excluding carboxylic acids is 1. The first kappa shape index (κ1) is 14.4. The standard InChI is InChI=1S/C11H23NO3/c1-11(2,3)15-9-8-12(4,5)7-6-10(13)14/h6-9H2,1-5H3. The number of rotatable bonds is 6. The molecule has 0 unspecified atom stereocenters. The fourth-order valence-electron chi connectivity index (χ4n) is 1.10. The van der Waals surface area contributed by atoms with Gasteiger partial charge in [0, 0.05) is 12.4 Å². The molecule has 0 aromatic carbocycles. The van der Waals surface area contributed by atoms with Gasteiger partial charge in [0.15, 0.2) is 0 Å². The van der Waals surface area contributed by atoms with Crippen molar-refractivity contribution in [1.29, 1.82) is 0 Å². The molecule has 0 rings (SSSR count). The van der Waals surface area contributed by atoms with E-state index in [1.807, 2.05) is 34.9 Å². The Morgan fingerprint density at radius 2 is 1.80 bits per heavy atom. The van der Waals surface area contributed by atoms with Crippen molar-refractivity contribution in [3.05, 3.63) is 0 Å². The highest BCUT2D eigenvalue weighted by Gasteiger charge is 2.17. The third kappa shape index (κ3) is 9.69. The van der Waals surface area contributed by atoms with Gasteiger partial charge < -0.3 is 19.1 Å². The molecule has 0 atom stereocenters. The van der Waals surface area contributed by atoms with Crippen molar-refractivity contribution in [1.82, 2.24) is 0 Å². The van der Waals surface area contributed by atoms with Crippen molar-refractivity contribution in [2.75, 3.05) is 33.8 Å². The van der Waals surface area contributed by atoms with Gasteiger partial charge in [-0.3, -0.25) is 0 Å². The second-order valence-corrected chi connectivity index (χ2v) is 5.47. The first-order valence-electron chi connectivity index (χ1n) is 5.28. The van der Waals surface area contributed by atoms with Crippen molar-refractivity contribution in [2.24, 2.45) is 0 Å². The summed E-state index contributed by atoms with van der Waals surface area (Å²) in [7, 11) is 3.99. The Bertz CT molecular complexity index is 206. The van der Waals surface area contributed by atoms with E-state index in [1.54, 1.807) is 0 Å². The molecule has 4 heteroatoms. The van der Waals surface area contributed by atoms with Gasteiger partial charge in [-0.2, -0.15) is 0 Å². The maximum Gasteiger partial charge on any atom is 0.102 e. The average molecular weight is 217 g/mol. The Morgan fingerprint density at radius 1 is 1.27 bits per heavy atom. The van der Waals surface area contributed by atoms with Gasteiger partial charge in [0.1, 0.15) is 6.54 Å². The van der Waals surface area contributed by atoms with Crippen LogP contribution in [0.2, 0.25) is 0 Å². The molecule has 0 saturated carbocycles. The minimum atomic E-state index is -0.988. The van der Waals surface area contributed by atoms with Crippen LogP contribution < -0.4 is 5.11 Å². The van der Waals surface area contributed by atoms with Crippen LogP contribution in [-0.2, 0) is 9.53 Å². The van der Waals surface area contributed by atoms with Gasteiger partial charge >= 0.3 is 0 Å². The quantitative estimate of drug-likeness (QED) is 0.589. The van der Waals surface area contributed by atoms with Crippen molar-refractivity contribution < 1.29 is 19.1 Å². The number of likely N-dealkylation sites (N-methyl/N-ethyl adjacent to an activating group) is 1. The molecule has 0 heterocycles. The lowest BCUT2D eigenvalue weighted by atomic mass is 10.2. The topological polar surface area (TPSA) is 49.4 Å². The molecular weight excluding hydrogens is 194 g/mol. The van der Waals surface area contributed by atoms with E-state index in [0.29, 0.717) is 17.6 Å². The first-order chi connectivity index (χ1) is 6.62. The lowest BCUT2D eigenvalue weighted by molar-refractivity contribution is -0.890. The summed E-state index contributed by atoms with van der Waals surface area (Å²) in [5, 5.41) is 10.3. The molecule has 15 heavy (non-hydrogen) atoms. The molecule has 0 aliphatic carbocycles. The summed E-state index contributed by atoms with van der Waals surface area (Å²) >= 11 is 0. The van der Waals surface area contributed by atoms with Crippen LogP contribution in [0.15, 0.2) is 0 Å². The molecule has 0 amide bonds. The van der Waals surface area contributed by atoms with Gasteiger partial charge in [-0.15, -0.1) is 0 Å². The summed E-state index contributed by atoms with van der Waals surface area (Å²) in [5.41, 5.74) is -0.131. The van der Waals surface area contributed by atoms with E-state index in [1.165, 1.54) is 0 Å². The molecule has 0 fully saturated rings. The molecule has 0 bridgehead atoms. The Kier molecular flexibility index (Phi) is 5.24. The Hall–Kier alpha value is -0.610. The number of carboxylic acid groups (broad SMARTS) is 1. The molecule has 0 saturated heterocycles. The Labute approximate surface area is 92.4 Å². The van der Waals surface area contributed by atoms with Crippen LogP contribution in [0.25, 0.3) is 0 Å². The number of quaternary nitrogens is 1. The highest BCUT2D eigenvalue weighted by Crippen LogP contribution is 2.07. The van der Waals surface area contributed by atoms with Crippen molar-refractivity contribution in [3.8, 4) is 0 Å². The lowest BCUT2D eigenvalue weighted by Crippen LogP contribution is -2.45. The van der Waals surface area contributed by atoms with Gasteiger partial charge in [0.2, 0.25) is 0 Å². The number of ether oxygens (including phenoxy) is 1. The maximum absolute atomic E-state index is 10.3. The minimum Gasteiger partial charge on any atom is -0.550 e. The molecule has 90 valence electrons. The number of nitrogens with zero attached hydrogens (tertiary/aromatic N) is 1. The predicted molar refractivity (Wildman–Crippen MR) is 57.2 cm³/mol. The summed E-state index contributed by atoms with van der Waals surface area (Å²) in [6, 6.07) is 0. The zero-order chi connectivity index (χ0) is 12.1. The van der Waals surface area contributed by atoms with Crippen molar-refractivity contribution in [3.63, 3.8) is 0 Å². The van der Waals surface area contributed by atoms with Crippen molar-refractivity contribution >= 4 is 5.97 Å². The Balaban J connectivity index is 3.78. The maximum atomic E-state index is 10.3. The van der Waals surface area contributed by atoms with Crippen LogP contribution in [0.4, 0.5) is 0 Å². The summed E-state index contributed by atoms with van der Waals surface area (Å²) < 4.78 is 6.24. The molecule has 0 aromatic rings. The van der Waals surface area contributed by atoms with Gasteiger partial charge in [-0.05, 0) is 20.8 Å². The van der Waals surface area contributed by atoms with Gasteiger partial charge in [0.05, 0.1) is 32.8 Å². The molecule has 0 aromatic heterocycles. The van der Waals surface area contributed by atoms with E-state index in [2.05, 4.69) is 0 Å². The van der Waals surface area contributed by atoms with E-state index in [4.69, 9.17) is 4.74 Å². The van der Waals surface area contributed by atoms with Crippen LogP contribution in [0.5, 0.6) is 0 Å². The van der Waals surface area contributed by atoms with Crippen LogP contribution in [0, 0.1) is 0 Å². The summed E-state index contributed by atoms with van der Waals surface area (Å²) in [4.78, 5) is 10.3. The zero-order valence-electron chi connectivity index (χ0n) is 10.5. The second kappa shape index (κ2) is 5.47. The Morgan fingerprint density at radius 3 is 2.20 bits per heavy atom. The first-order valence-corrected chi connectivity index (χ1v) is 5.28. The normalized spacial score (nSPS) is 12.9. The third-order valence-electron chi connectivity index (χ3n) is 2.15. The number of aliphatic carboxylic acids is 1. The number of carbonyl (C=O) groups is 1. The predicted octanol–water partition coefficient (Wildman–Crippen LogP) is 0.0179. The molecule has 4 nitrogen and oxygen atoms in total. The van der Waals surface area contributed by atoms with E-state index in [0.717, 1.165) is 6.54 Å². The summed E-state index contributed by atoms with van der Waals surface area (Å²) in [6.45, 7) is 8.06. The third-order valence-corrected chi connectivity index (χ3v) is 2.15. The molecule has 0 aliphatic rings. The number of hydrogen-bond donors (Lipinski definition) is 0. The highest BCUT2D eigenvalue weighted by atomic mass is 16.5. The molecule has 0 radical (unpaired) electrons. The zero-order valence-corrected chi connectivity index (χ0v) is 10.5. The smallest absolute Gasteiger partial charge is 0.102 e. The van der Waals surface area contributed by atoms with E-state index < -0.39 is 5.97 Å². The monoisotopic (exact) mass is 217 g/mol. The van der Waals surface area contributed by atoms with E-state index in [9.17, 15) is 9.90 Å². The summed E-state index contributed by atoms with van der Waals surface area (Å²) in [5.74, 6) is -0.988. The van der Waals surface area contributed by atoms with Crippen molar-refractivity contribution in [2.45, 2.75) is 32.8 Å². The van der Waals surface area contributed by atoms with Gasteiger partial charge in [0.25, 0.3) is 0 Å². The fourth-order valence-corrected chi connectivity index (χ4v) is 1.10. The number of carboxylic acids is 1. The van der Waals surface area contributed by atoms with Crippen LogP contribution in [-0.4, -0.2) is 49.8 Å². The number of hydrogen-bond acceptors (Lipinski definition) is 3. The highest BCUT2D eigenvalue weighted by molar-refractivity contribution is 5.64. The largest absolute Gasteiger partial charge is 0.550 e. The molecular formula is C11H23NO3. The second-order valence-electron chi connectivity index (χ2n) is 5.47. The molecule has 0 spiro atoms.